The molecule has 1 N–H and O–H groups in total. The van der Waals surface area contributed by atoms with E-state index in [1.807, 2.05) is 35.0 Å². The van der Waals surface area contributed by atoms with Crippen LogP contribution in [0.5, 0.6) is 0 Å². The highest BCUT2D eigenvalue weighted by Crippen LogP contribution is 2.32. The molecule has 4 rings (SSSR count). The molecule has 0 spiro atoms. The highest BCUT2D eigenvalue weighted by molar-refractivity contribution is 7.20. The van der Waals surface area contributed by atoms with Crippen molar-refractivity contribution in [3.8, 4) is 11.3 Å². The highest BCUT2D eigenvalue weighted by Gasteiger charge is 2.27. The van der Waals surface area contributed by atoms with Crippen LogP contribution >= 0.6 is 22.9 Å². The molecule has 24 heavy (non-hydrogen) atoms. The van der Waals surface area contributed by atoms with Crippen molar-refractivity contribution in [3.63, 3.8) is 0 Å². The van der Waals surface area contributed by atoms with Crippen LogP contribution in [-0.4, -0.2) is 38.9 Å². The van der Waals surface area contributed by atoms with E-state index in [0.717, 1.165) is 45.8 Å². The van der Waals surface area contributed by atoms with Crippen LogP contribution in [0.1, 0.15) is 19.8 Å². The Labute approximate surface area is 149 Å². The molecule has 2 atom stereocenters. The predicted octanol–water partition coefficient (Wildman–Crippen LogP) is 3.71. The monoisotopic (exact) mass is 362 g/mol. The number of hydrogen-bond donors (Lipinski definition) is 1. The summed E-state index contributed by atoms with van der Waals surface area (Å²) in [5.74, 6) is 0.335. The number of rotatable bonds is 3. The minimum absolute atomic E-state index is 0.243. The zero-order valence-corrected chi connectivity index (χ0v) is 15.0. The lowest BCUT2D eigenvalue weighted by Gasteiger charge is -2.36. The quantitative estimate of drug-likeness (QED) is 0.771. The third-order valence-electron chi connectivity index (χ3n) is 4.66. The van der Waals surface area contributed by atoms with Crippen LogP contribution in [0.4, 0.5) is 5.13 Å². The Balaban J connectivity index is 1.62. The summed E-state index contributed by atoms with van der Waals surface area (Å²) in [7, 11) is 0. The third-order valence-corrected chi connectivity index (χ3v) is 5.87. The number of nitrogens with zero attached hydrogens (tertiary/aromatic N) is 4. The summed E-state index contributed by atoms with van der Waals surface area (Å²) in [5.41, 5.74) is 1.93. The molecule has 0 saturated carbocycles. The van der Waals surface area contributed by atoms with Gasteiger partial charge >= 0.3 is 0 Å². The third kappa shape index (κ3) is 2.90. The Morgan fingerprint density at radius 3 is 2.79 bits per heavy atom. The van der Waals surface area contributed by atoms with Gasteiger partial charge in [0.05, 0.1) is 11.9 Å². The number of imidazole rings is 1. The zero-order valence-electron chi connectivity index (χ0n) is 13.4. The number of aromatic nitrogens is 3. The van der Waals surface area contributed by atoms with E-state index in [2.05, 4.69) is 11.8 Å². The molecular formula is C17H19ClN4OS. The average molecular weight is 363 g/mol. The average Bonchev–Trinajstić information content (AvgIpc) is 3.15. The smallest absolute Gasteiger partial charge is 0.214 e. The van der Waals surface area contributed by atoms with Crippen molar-refractivity contribution in [2.24, 2.45) is 5.92 Å². The first-order valence-corrected chi connectivity index (χ1v) is 9.33. The molecule has 2 unspecified atom stereocenters. The van der Waals surface area contributed by atoms with E-state index in [0.29, 0.717) is 12.0 Å². The summed E-state index contributed by atoms with van der Waals surface area (Å²) in [6.07, 6.45) is 4.12. The molecule has 3 heterocycles. The molecule has 2 aromatic heterocycles. The van der Waals surface area contributed by atoms with E-state index in [4.69, 9.17) is 21.7 Å². The normalized spacial score (nSPS) is 21.5. The number of aliphatic hydroxyl groups is 1. The van der Waals surface area contributed by atoms with Crippen molar-refractivity contribution < 1.29 is 5.11 Å². The molecule has 1 aromatic carbocycles. The van der Waals surface area contributed by atoms with E-state index >= 15 is 0 Å². The zero-order chi connectivity index (χ0) is 16.7. The van der Waals surface area contributed by atoms with Crippen LogP contribution in [0.15, 0.2) is 30.5 Å². The summed E-state index contributed by atoms with van der Waals surface area (Å²) in [4.78, 5) is 7.87. The molecule has 0 radical (unpaired) electrons. The van der Waals surface area contributed by atoms with Crippen molar-refractivity contribution in [1.82, 2.24) is 14.6 Å². The molecular weight excluding hydrogens is 344 g/mol. The Bertz CT molecular complexity index is 813. The van der Waals surface area contributed by atoms with Crippen LogP contribution in [0, 0.1) is 5.92 Å². The van der Waals surface area contributed by atoms with Crippen molar-refractivity contribution in [2.75, 3.05) is 18.1 Å². The van der Waals surface area contributed by atoms with Gasteiger partial charge in [-0.1, -0.05) is 35.1 Å². The van der Waals surface area contributed by atoms with Crippen LogP contribution in [0.25, 0.3) is 16.2 Å². The second-order valence-corrected chi connectivity index (χ2v) is 7.74. The van der Waals surface area contributed by atoms with Gasteiger partial charge in [0, 0.05) is 29.8 Å². The van der Waals surface area contributed by atoms with Gasteiger partial charge in [-0.25, -0.2) is 9.50 Å². The van der Waals surface area contributed by atoms with Crippen LogP contribution < -0.4 is 4.90 Å². The fraction of sp³-hybridized carbons (Fsp3) is 0.412. The first-order valence-electron chi connectivity index (χ1n) is 8.13. The molecule has 0 aliphatic carbocycles. The van der Waals surface area contributed by atoms with E-state index < -0.39 is 0 Å². The van der Waals surface area contributed by atoms with Gasteiger partial charge in [-0.2, -0.15) is 0 Å². The van der Waals surface area contributed by atoms with Gasteiger partial charge in [0.25, 0.3) is 0 Å². The van der Waals surface area contributed by atoms with Gasteiger partial charge in [0.1, 0.15) is 0 Å². The first kappa shape index (κ1) is 15.9. The van der Waals surface area contributed by atoms with E-state index in [-0.39, 0.29) is 6.61 Å². The van der Waals surface area contributed by atoms with Crippen LogP contribution in [0.2, 0.25) is 5.02 Å². The maximum absolute atomic E-state index is 9.45. The molecule has 1 aliphatic rings. The van der Waals surface area contributed by atoms with Crippen LogP contribution in [-0.2, 0) is 0 Å². The molecule has 1 saturated heterocycles. The molecule has 3 aromatic rings. The number of aliphatic hydroxyl groups excluding tert-OH is 1. The lowest BCUT2D eigenvalue weighted by molar-refractivity contribution is 0.200. The number of halogens is 1. The largest absolute Gasteiger partial charge is 0.396 e. The molecule has 1 fully saturated rings. The van der Waals surface area contributed by atoms with Gasteiger partial charge in [-0.15, -0.1) is 5.10 Å². The maximum atomic E-state index is 9.45. The van der Waals surface area contributed by atoms with Gasteiger partial charge in [0.15, 0.2) is 0 Å². The first-order chi connectivity index (χ1) is 11.6. The fourth-order valence-electron chi connectivity index (χ4n) is 3.16. The SMILES string of the molecule is CC1CCC(CO)CN1c1nn2cc(-c3ccc(Cl)cc3)nc2s1. The lowest BCUT2D eigenvalue weighted by atomic mass is 9.95. The fourth-order valence-corrected chi connectivity index (χ4v) is 4.28. The standard InChI is InChI=1S/C17H19ClN4OS/c1-11-2-3-12(10-23)8-21(11)17-20-22-9-15(19-16(22)24-17)13-4-6-14(18)7-5-13/h4-7,9,11-12,23H,2-3,8,10H2,1H3. The molecule has 7 heteroatoms. The number of piperidine rings is 1. The van der Waals surface area contributed by atoms with Crippen molar-refractivity contribution in [2.45, 2.75) is 25.8 Å². The highest BCUT2D eigenvalue weighted by atomic mass is 35.5. The van der Waals surface area contributed by atoms with E-state index in [9.17, 15) is 5.11 Å². The molecule has 0 amide bonds. The Morgan fingerprint density at radius 1 is 1.29 bits per heavy atom. The van der Waals surface area contributed by atoms with Gasteiger partial charge in [-0.05, 0) is 37.8 Å². The Hall–Kier alpha value is -1.63. The number of hydrogen-bond acceptors (Lipinski definition) is 5. The number of benzene rings is 1. The Kier molecular flexibility index (Phi) is 4.20. The molecule has 0 bridgehead atoms. The molecule has 5 nitrogen and oxygen atoms in total. The van der Waals surface area contributed by atoms with E-state index in [1.54, 1.807) is 11.3 Å². The minimum Gasteiger partial charge on any atom is -0.396 e. The molecule has 126 valence electrons. The van der Waals surface area contributed by atoms with Gasteiger partial charge < -0.3 is 10.0 Å². The van der Waals surface area contributed by atoms with Gasteiger partial charge in [0.2, 0.25) is 10.1 Å². The van der Waals surface area contributed by atoms with Crippen molar-refractivity contribution in [3.05, 3.63) is 35.5 Å². The predicted molar refractivity (Wildman–Crippen MR) is 97.9 cm³/mol. The van der Waals surface area contributed by atoms with E-state index in [1.165, 1.54) is 0 Å². The van der Waals surface area contributed by atoms with Crippen molar-refractivity contribution in [1.29, 1.82) is 0 Å². The van der Waals surface area contributed by atoms with Crippen molar-refractivity contribution >= 4 is 33.0 Å². The summed E-state index contributed by atoms with van der Waals surface area (Å²) in [6, 6.07) is 8.11. The summed E-state index contributed by atoms with van der Waals surface area (Å²) < 4.78 is 1.85. The topological polar surface area (TPSA) is 53.7 Å². The van der Waals surface area contributed by atoms with Gasteiger partial charge in [-0.3, -0.25) is 0 Å². The molecule has 1 aliphatic heterocycles. The Morgan fingerprint density at radius 2 is 2.08 bits per heavy atom. The minimum atomic E-state index is 0.243. The summed E-state index contributed by atoms with van der Waals surface area (Å²) in [6.45, 7) is 3.32. The number of anilines is 1. The maximum Gasteiger partial charge on any atom is 0.214 e. The van der Waals surface area contributed by atoms with Crippen LogP contribution in [0.3, 0.4) is 0 Å². The lowest BCUT2D eigenvalue weighted by Crippen LogP contribution is -2.42. The second-order valence-electron chi connectivity index (χ2n) is 6.37. The summed E-state index contributed by atoms with van der Waals surface area (Å²) in [5, 5.41) is 15.9. The number of fused-ring (bicyclic) bond motifs is 1. The second kappa shape index (κ2) is 6.35. The summed E-state index contributed by atoms with van der Waals surface area (Å²) >= 11 is 7.54.